The Morgan fingerprint density at radius 3 is 1.51 bits per heavy atom. The molecule has 2 heterocycles. The monoisotopic (exact) mass is 1350 g/mol. The molecule has 32 heteroatoms. The Morgan fingerprint density at radius 2 is 1.01 bits per heavy atom. The largest absolute Gasteiger partial charge is 0.370 e. The number of hydrogen-bond acceptors (Lipinski definition) is 17. The van der Waals surface area contributed by atoms with E-state index in [2.05, 4.69) is 47.5 Å². The van der Waals surface area contributed by atoms with E-state index >= 15 is 0 Å². The first-order valence-corrected chi connectivity index (χ1v) is 33.6. The number of amides is 13. The molecule has 13 amide bonds. The predicted molar refractivity (Wildman–Crippen MR) is 356 cm³/mol. The topological polar surface area (TPSA) is 519 Å². The lowest BCUT2D eigenvalue weighted by Gasteiger charge is -2.32. The second-order valence-corrected chi connectivity index (χ2v) is 25.1. The van der Waals surface area contributed by atoms with Crippen molar-refractivity contribution in [2.24, 2.45) is 51.0 Å². The van der Waals surface area contributed by atoms with Crippen LogP contribution in [-0.2, 0) is 75.2 Å². The summed E-state index contributed by atoms with van der Waals surface area (Å²) >= 11 is 1.45. The van der Waals surface area contributed by atoms with E-state index < -0.39 is 169 Å². The predicted octanol–water partition coefficient (Wildman–Crippen LogP) is -3.71. The number of hydrogen-bond donors (Lipinski definition) is 15. The van der Waals surface area contributed by atoms with E-state index in [1.807, 2.05) is 20.1 Å². The van der Waals surface area contributed by atoms with Gasteiger partial charge in [-0.3, -0.25) is 67.3 Å². The van der Waals surface area contributed by atoms with Crippen molar-refractivity contribution in [1.82, 2.24) is 52.3 Å². The van der Waals surface area contributed by atoms with Crippen LogP contribution in [0.15, 0.2) is 65.7 Å². The van der Waals surface area contributed by atoms with Crippen LogP contribution < -0.4 is 82.7 Å². The molecule has 2 aliphatic heterocycles. The molecule has 0 saturated carbocycles. The minimum atomic E-state index is -1.64. The second-order valence-electron chi connectivity index (χ2n) is 24.1. The Kier molecular flexibility index (Phi) is 33.9. The molecule has 95 heavy (non-hydrogen) atoms. The van der Waals surface area contributed by atoms with Crippen LogP contribution in [0.3, 0.4) is 0 Å². The fourth-order valence-electron chi connectivity index (χ4n) is 11.0. The maximum absolute atomic E-state index is 14.7. The molecule has 0 aliphatic carbocycles. The quantitative estimate of drug-likeness (QED) is 0.0173. The van der Waals surface area contributed by atoms with Gasteiger partial charge < -0.3 is 92.5 Å². The molecule has 10 atom stereocenters. The van der Waals surface area contributed by atoms with Gasteiger partial charge in [0.1, 0.15) is 54.4 Å². The standard InChI is InChI=1S/C63H98N18O13S/c1-37(2)33-45(57(89)74-41(53(68)85)27-32-95-3)73-52(84)36-72-54(86)46(34-38-15-6-4-7-16-38)78-58(90)47(35-39-17-8-5-9-18-39)79-56(88)42(23-25-50(66)82)75-55(87)43(24-26-51(67)83)76-59(91)49-22-14-31-81(49)62(94)44(20-10-11-28-64)77-60(92)48-21-13-30-80(48)61(93)40(65)19-12-29-71-63(69)70/h4-9,15-18,37,40-49H,10-14,19-36,64-65H2,1-3H3,(H2,66,82)(H2,67,83)(H2,68,85)(H,72,86)(H,73,84)(H,74,89)(H,75,87)(H,76,91)(H,77,92)(H,78,90)(H,79,88)(H4,69,70,71)/t40-,41-,42+,43-,44-,45-,46+,47+,48+,49+/m0/s1. The zero-order chi connectivity index (χ0) is 70.1. The first kappa shape index (κ1) is 78.5. The van der Waals surface area contributed by atoms with E-state index in [-0.39, 0.29) is 83.0 Å². The Morgan fingerprint density at radius 1 is 0.537 bits per heavy atom. The maximum Gasteiger partial charge on any atom is 0.245 e. The molecule has 0 spiro atoms. The third-order valence-electron chi connectivity index (χ3n) is 16.0. The molecule has 2 aromatic carbocycles. The fraction of sp³-hybridized carbons (Fsp3) is 0.587. The van der Waals surface area contributed by atoms with Gasteiger partial charge in [0.25, 0.3) is 0 Å². The van der Waals surface area contributed by atoms with Crippen molar-refractivity contribution in [3.05, 3.63) is 71.8 Å². The van der Waals surface area contributed by atoms with E-state index in [1.54, 1.807) is 60.7 Å². The molecule has 22 N–H and O–H groups in total. The van der Waals surface area contributed by atoms with Crippen LogP contribution in [0.2, 0.25) is 0 Å². The summed E-state index contributed by atoms with van der Waals surface area (Å²) in [6.45, 7) is 3.86. The Hall–Kier alpha value is -8.91. The summed E-state index contributed by atoms with van der Waals surface area (Å²) in [5.41, 5.74) is 40.6. The second kappa shape index (κ2) is 41.0. The summed E-state index contributed by atoms with van der Waals surface area (Å²) in [6.07, 6.45) is 3.12. The van der Waals surface area contributed by atoms with Gasteiger partial charge in [-0.25, -0.2) is 0 Å². The van der Waals surface area contributed by atoms with Crippen molar-refractivity contribution < 1.29 is 62.3 Å². The highest BCUT2D eigenvalue weighted by Gasteiger charge is 2.42. The van der Waals surface area contributed by atoms with Gasteiger partial charge in [0, 0.05) is 45.3 Å². The normalized spacial score (nSPS) is 16.8. The number of rotatable bonds is 42. The lowest BCUT2D eigenvalue weighted by molar-refractivity contribution is -0.144. The number of thioether (sulfide) groups is 1. The van der Waals surface area contributed by atoms with Crippen molar-refractivity contribution in [2.45, 2.75) is 183 Å². The number of carbonyl (C=O) groups excluding carboxylic acids is 13. The van der Waals surface area contributed by atoms with E-state index in [4.69, 9.17) is 40.1 Å². The summed E-state index contributed by atoms with van der Waals surface area (Å²) in [7, 11) is 0. The number of nitrogens with one attached hydrogen (secondary N) is 8. The summed E-state index contributed by atoms with van der Waals surface area (Å²) in [6, 6.07) is 4.51. The number of aliphatic imine (C=N–C) groups is 1. The maximum atomic E-state index is 14.7. The molecule has 2 saturated heterocycles. The lowest BCUT2D eigenvalue weighted by Crippen LogP contribution is -2.60. The average Bonchev–Trinajstić information content (AvgIpc) is 1.74. The van der Waals surface area contributed by atoms with E-state index in [0.29, 0.717) is 55.4 Å². The molecule has 4 rings (SSSR count). The van der Waals surface area contributed by atoms with Gasteiger partial charge in [0.2, 0.25) is 76.8 Å². The SMILES string of the molecule is CSCC[C@H](NC(=O)[C@H](CC(C)C)NC(=O)CNC(=O)[C@@H](Cc1ccccc1)NC(=O)[C@@H](Cc1ccccc1)NC(=O)[C@@H](CCC(N)=O)NC(=O)[C@H](CCC(N)=O)NC(=O)[C@H]1CCCN1C(=O)[C@H](CCCCN)NC(=O)[C@H]1CCCN1C(=O)[C@@H](N)CCCN=C(N)N)C(N)=O. The fourth-order valence-corrected chi connectivity index (χ4v) is 11.5. The molecule has 2 fully saturated rings. The van der Waals surface area contributed by atoms with Crippen LogP contribution in [0.25, 0.3) is 0 Å². The number of guanidine groups is 1. The minimum Gasteiger partial charge on any atom is -0.370 e. The van der Waals surface area contributed by atoms with Gasteiger partial charge in [-0.15, -0.1) is 0 Å². The minimum absolute atomic E-state index is 0.0736. The van der Waals surface area contributed by atoms with Crippen molar-refractivity contribution in [2.75, 3.05) is 44.7 Å². The van der Waals surface area contributed by atoms with Gasteiger partial charge in [0.15, 0.2) is 5.96 Å². The molecule has 31 nitrogen and oxygen atoms in total. The van der Waals surface area contributed by atoms with E-state index in [1.165, 1.54) is 21.6 Å². The third kappa shape index (κ3) is 27.5. The molecule has 0 unspecified atom stereocenters. The van der Waals surface area contributed by atoms with Crippen molar-refractivity contribution in [3.8, 4) is 0 Å². The Balaban J connectivity index is 1.56. The molecule has 524 valence electrons. The molecule has 0 radical (unpaired) electrons. The number of unbranched alkanes of at least 4 members (excludes halogenated alkanes) is 1. The van der Waals surface area contributed by atoms with Gasteiger partial charge in [0.05, 0.1) is 12.6 Å². The number of carbonyl (C=O) groups is 13. The van der Waals surface area contributed by atoms with Gasteiger partial charge in [-0.05, 0) is 119 Å². The first-order valence-electron chi connectivity index (χ1n) is 32.2. The molecule has 2 aliphatic rings. The molecule has 2 aromatic rings. The molecular weight excluding hydrogens is 1250 g/mol. The van der Waals surface area contributed by atoms with E-state index in [9.17, 15) is 62.3 Å². The zero-order valence-corrected chi connectivity index (χ0v) is 55.3. The highest BCUT2D eigenvalue weighted by atomic mass is 32.2. The Labute approximate surface area is 558 Å². The summed E-state index contributed by atoms with van der Waals surface area (Å²) in [5, 5.41) is 21.1. The highest BCUT2D eigenvalue weighted by Crippen LogP contribution is 2.24. The van der Waals surface area contributed by atoms with Crippen molar-refractivity contribution in [3.63, 3.8) is 0 Å². The summed E-state index contributed by atoms with van der Waals surface area (Å²) < 4.78 is 0. The van der Waals surface area contributed by atoms with Gasteiger partial charge >= 0.3 is 0 Å². The zero-order valence-electron chi connectivity index (χ0n) is 54.5. The number of nitrogens with zero attached hydrogens (tertiary/aromatic N) is 3. The van der Waals surface area contributed by atoms with Crippen molar-refractivity contribution >= 4 is 94.5 Å². The number of likely N-dealkylation sites (tertiary alicyclic amines) is 2. The average molecular weight is 1350 g/mol. The number of nitrogens with two attached hydrogens (primary N) is 7. The lowest BCUT2D eigenvalue weighted by atomic mass is 10.0. The van der Waals surface area contributed by atoms with Gasteiger partial charge in [-0.2, -0.15) is 11.8 Å². The first-order chi connectivity index (χ1) is 45.2. The summed E-state index contributed by atoms with van der Waals surface area (Å²) in [4.78, 5) is 185. The van der Waals surface area contributed by atoms with Crippen LogP contribution in [0.1, 0.15) is 121 Å². The van der Waals surface area contributed by atoms with Gasteiger partial charge in [-0.1, -0.05) is 74.5 Å². The molecular formula is C63H98N18O13S. The smallest absolute Gasteiger partial charge is 0.245 e. The summed E-state index contributed by atoms with van der Waals surface area (Å²) in [5.74, 6) is -9.80. The number of benzene rings is 2. The van der Waals surface area contributed by atoms with Crippen LogP contribution in [0, 0.1) is 5.92 Å². The van der Waals surface area contributed by atoms with Crippen LogP contribution in [-0.4, -0.2) is 198 Å². The third-order valence-corrected chi connectivity index (χ3v) is 16.7. The molecule has 0 bridgehead atoms. The van der Waals surface area contributed by atoms with Crippen LogP contribution in [0.4, 0.5) is 0 Å². The van der Waals surface area contributed by atoms with Crippen LogP contribution in [0.5, 0.6) is 0 Å². The van der Waals surface area contributed by atoms with E-state index in [0.717, 1.165) is 0 Å². The van der Waals surface area contributed by atoms with Crippen molar-refractivity contribution in [1.29, 1.82) is 0 Å². The number of primary amides is 3. The Bertz CT molecular complexity index is 2960. The molecule has 0 aromatic heterocycles. The highest BCUT2D eigenvalue weighted by molar-refractivity contribution is 7.98. The van der Waals surface area contributed by atoms with Crippen LogP contribution >= 0.6 is 11.8 Å².